The van der Waals surface area contributed by atoms with E-state index in [-0.39, 0.29) is 18.0 Å². The van der Waals surface area contributed by atoms with Crippen molar-refractivity contribution >= 4 is 5.91 Å². The van der Waals surface area contributed by atoms with Crippen LogP contribution in [0.2, 0.25) is 0 Å². The highest BCUT2D eigenvalue weighted by atomic mass is 16.1. The van der Waals surface area contributed by atoms with Gasteiger partial charge in [0.15, 0.2) is 0 Å². The predicted octanol–water partition coefficient (Wildman–Crippen LogP) is 2.55. The van der Waals surface area contributed by atoms with Gasteiger partial charge in [0.1, 0.15) is 0 Å². The molecule has 2 aromatic rings. The van der Waals surface area contributed by atoms with E-state index in [1.165, 1.54) is 0 Å². The summed E-state index contributed by atoms with van der Waals surface area (Å²) in [5.74, 6) is 0.00877. The summed E-state index contributed by atoms with van der Waals surface area (Å²) in [5.41, 5.74) is 9.82. The second kappa shape index (κ2) is 7.18. The number of hydrogen-bond acceptors (Lipinski definition) is 3. The minimum atomic E-state index is 0.00877. The fourth-order valence-corrected chi connectivity index (χ4v) is 3.55. The van der Waals surface area contributed by atoms with Crippen molar-refractivity contribution in [2.75, 3.05) is 0 Å². The van der Waals surface area contributed by atoms with E-state index in [0.29, 0.717) is 6.54 Å². The van der Waals surface area contributed by atoms with Gasteiger partial charge in [0.2, 0.25) is 0 Å². The fourth-order valence-electron chi connectivity index (χ4n) is 3.55. The van der Waals surface area contributed by atoms with Crippen LogP contribution < -0.4 is 11.1 Å². The van der Waals surface area contributed by atoms with Gasteiger partial charge in [-0.25, -0.2) is 0 Å². The number of nitrogens with zero attached hydrogens (tertiary/aromatic N) is 2. The summed E-state index contributed by atoms with van der Waals surface area (Å²) in [4.78, 5) is 17.1. The van der Waals surface area contributed by atoms with Crippen molar-refractivity contribution in [3.05, 3.63) is 53.1 Å². The molecule has 1 fully saturated rings. The minimum absolute atomic E-state index is 0.00877. The smallest absolute Gasteiger partial charge is 0.253 e. The number of pyridine rings is 1. The van der Waals surface area contributed by atoms with E-state index in [2.05, 4.69) is 14.9 Å². The van der Waals surface area contributed by atoms with Gasteiger partial charge in [-0.3, -0.25) is 9.78 Å². The Labute approximate surface area is 143 Å². The second-order valence-corrected chi connectivity index (χ2v) is 6.79. The Hall–Kier alpha value is -2.14. The van der Waals surface area contributed by atoms with E-state index >= 15 is 0 Å². The molecule has 0 saturated heterocycles. The highest BCUT2D eigenvalue weighted by Crippen LogP contribution is 2.20. The molecule has 3 N–H and O–H groups in total. The van der Waals surface area contributed by atoms with Crippen LogP contribution in [0.15, 0.2) is 30.5 Å². The van der Waals surface area contributed by atoms with E-state index in [0.717, 1.165) is 48.3 Å². The summed E-state index contributed by atoms with van der Waals surface area (Å²) in [5, 5.41) is 3.16. The van der Waals surface area contributed by atoms with Crippen molar-refractivity contribution in [1.29, 1.82) is 0 Å². The van der Waals surface area contributed by atoms with Gasteiger partial charge >= 0.3 is 0 Å². The van der Waals surface area contributed by atoms with Crippen LogP contribution in [0.4, 0.5) is 0 Å². The van der Waals surface area contributed by atoms with Crippen molar-refractivity contribution in [2.45, 2.75) is 58.2 Å². The first-order valence-corrected chi connectivity index (χ1v) is 8.67. The van der Waals surface area contributed by atoms with Gasteiger partial charge in [-0.1, -0.05) is 6.07 Å². The summed E-state index contributed by atoms with van der Waals surface area (Å²) in [7, 11) is 0. The molecular formula is C19H26N4O. The number of nitrogens with two attached hydrogens (primary N) is 1. The molecule has 3 rings (SSSR count). The van der Waals surface area contributed by atoms with Crippen molar-refractivity contribution < 1.29 is 4.79 Å². The molecule has 128 valence electrons. The molecule has 1 saturated carbocycles. The van der Waals surface area contributed by atoms with Crippen LogP contribution in [0.25, 0.3) is 0 Å². The van der Waals surface area contributed by atoms with Gasteiger partial charge in [-0.05, 0) is 57.7 Å². The lowest BCUT2D eigenvalue weighted by Gasteiger charge is -2.27. The van der Waals surface area contributed by atoms with Gasteiger partial charge in [-0.2, -0.15) is 0 Å². The van der Waals surface area contributed by atoms with Gasteiger partial charge < -0.3 is 15.6 Å². The number of rotatable bonds is 4. The summed E-state index contributed by atoms with van der Waals surface area (Å²) >= 11 is 0. The van der Waals surface area contributed by atoms with Crippen LogP contribution in [0.5, 0.6) is 0 Å². The lowest BCUT2D eigenvalue weighted by molar-refractivity contribution is 0.0925. The Morgan fingerprint density at radius 2 is 2.21 bits per heavy atom. The molecular weight excluding hydrogens is 300 g/mol. The molecule has 5 nitrogen and oxygen atoms in total. The summed E-state index contributed by atoms with van der Waals surface area (Å²) in [6.45, 7) is 4.71. The lowest BCUT2D eigenvalue weighted by atomic mass is 9.91. The number of amides is 1. The van der Waals surface area contributed by atoms with Crippen LogP contribution in [-0.4, -0.2) is 27.5 Å². The summed E-state index contributed by atoms with van der Waals surface area (Å²) in [6.07, 6.45) is 5.84. The van der Waals surface area contributed by atoms with Gasteiger partial charge in [0.25, 0.3) is 5.91 Å². The molecule has 2 aromatic heterocycles. The van der Waals surface area contributed by atoms with Crippen LogP contribution >= 0.6 is 0 Å². The maximum Gasteiger partial charge on any atom is 0.253 e. The number of aryl methyl sites for hydroxylation is 1. The normalized spacial score (nSPS) is 20.8. The highest BCUT2D eigenvalue weighted by Gasteiger charge is 2.23. The third-order valence-electron chi connectivity index (χ3n) is 4.91. The maximum atomic E-state index is 12.7. The van der Waals surface area contributed by atoms with Crippen molar-refractivity contribution in [3.63, 3.8) is 0 Å². The van der Waals surface area contributed by atoms with E-state index in [1.54, 1.807) is 6.20 Å². The number of nitrogens with one attached hydrogen (secondary N) is 1. The first-order valence-electron chi connectivity index (χ1n) is 8.67. The Balaban J connectivity index is 1.74. The standard InChI is InChI=1S/C19H26N4O/c1-13-10-18(19(24)22-16-8-5-6-15(20)11-16)14(2)23(13)12-17-7-3-4-9-21-17/h3-4,7,9-10,15-16H,5-6,8,11-12,20H2,1-2H3,(H,22,24). The van der Waals surface area contributed by atoms with E-state index in [1.807, 2.05) is 38.1 Å². The molecule has 5 heteroatoms. The molecule has 2 unspecified atom stereocenters. The first kappa shape index (κ1) is 16.7. The van der Waals surface area contributed by atoms with Crippen molar-refractivity contribution in [2.24, 2.45) is 5.73 Å². The van der Waals surface area contributed by atoms with E-state index in [4.69, 9.17) is 5.73 Å². The van der Waals surface area contributed by atoms with Crippen LogP contribution in [0.1, 0.15) is 53.1 Å². The average molecular weight is 326 g/mol. The SMILES string of the molecule is Cc1cc(C(=O)NC2CCCC(N)C2)c(C)n1Cc1ccccn1. The van der Waals surface area contributed by atoms with Crippen LogP contribution in [-0.2, 0) is 6.54 Å². The molecule has 0 aromatic carbocycles. The van der Waals surface area contributed by atoms with Gasteiger partial charge in [0.05, 0.1) is 17.8 Å². The maximum absolute atomic E-state index is 12.7. The molecule has 1 aliphatic carbocycles. The van der Waals surface area contributed by atoms with Gasteiger partial charge in [0, 0.05) is 29.7 Å². The zero-order valence-electron chi connectivity index (χ0n) is 14.5. The largest absolute Gasteiger partial charge is 0.349 e. The molecule has 2 heterocycles. The number of aromatic nitrogens is 2. The number of carbonyl (C=O) groups is 1. The van der Waals surface area contributed by atoms with Crippen LogP contribution in [0, 0.1) is 13.8 Å². The minimum Gasteiger partial charge on any atom is -0.349 e. The van der Waals surface area contributed by atoms with Crippen LogP contribution in [0.3, 0.4) is 0 Å². The molecule has 1 aliphatic rings. The Morgan fingerprint density at radius 1 is 1.38 bits per heavy atom. The predicted molar refractivity (Wildman–Crippen MR) is 94.9 cm³/mol. The molecule has 2 atom stereocenters. The second-order valence-electron chi connectivity index (χ2n) is 6.79. The summed E-state index contributed by atoms with van der Waals surface area (Å²) in [6, 6.07) is 8.27. The zero-order chi connectivity index (χ0) is 17.1. The fraction of sp³-hybridized carbons (Fsp3) is 0.474. The number of hydrogen-bond donors (Lipinski definition) is 2. The van der Waals surface area contributed by atoms with E-state index < -0.39 is 0 Å². The van der Waals surface area contributed by atoms with Crippen molar-refractivity contribution in [1.82, 2.24) is 14.9 Å². The molecule has 0 bridgehead atoms. The first-order chi connectivity index (χ1) is 11.5. The average Bonchev–Trinajstić information content (AvgIpc) is 2.84. The molecule has 1 amide bonds. The zero-order valence-corrected chi connectivity index (χ0v) is 14.5. The Kier molecular flexibility index (Phi) is 5.00. The van der Waals surface area contributed by atoms with Crippen molar-refractivity contribution in [3.8, 4) is 0 Å². The molecule has 0 spiro atoms. The monoisotopic (exact) mass is 326 g/mol. The molecule has 24 heavy (non-hydrogen) atoms. The quantitative estimate of drug-likeness (QED) is 0.907. The molecule has 0 aliphatic heterocycles. The summed E-state index contributed by atoms with van der Waals surface area (Å²) < 4.78 is 2.14. The van der Waals surface area contributed by atoms with Gasteiger partial charge in [-0.15, -0.1) is 0 Å². The number of carbonyl (C=O) groups excluding carboxylic acids is 1. The third-order valence-corrected chi connectivity index (χ3v) is 4.91. The Morgan fingerprint density at radius 3 is 2.92 bits per heavy atom. The third kappa shape index (κ3) is 3.67. The lowest BCUT2D eigenvalue weighted by Crippen LogP contribution is -2.42. The Bertz CT molecular complexity index is 708. The topological polar surface area (TPSA) is 72.9 Å². The molecule has 0 radical (unpaired) electrons. The highest BCUT2D eigenvalue weighted by molar-refractivity contribution is 5.95. The van der Waals surface area contributed by atoms with E-state index in [9.17, 15) is 4.79 Å².